The van der Waals surface area contributed by atoms with E-state index >= 15 is 0 Å². The van der Waals surface area contributed by atoms with Gasteiger partial charge in [0.15, 0.2) is 17.5 Å². The number of hydrogen-bond acceptors (Lipinski definition) is 3. The number of rotatable bonds is 4. The predicted molar refractivity (Wildman–Crippen MR) is 125 cm³/mol. The van der Waals surface area contributed by atoms with Crippen LogP contribution in [0.2, 0.25) is 0 Å². The standard InChI is InChI=1S/C25H23F3N6O2/c26-17-8-16(9-18(27)23(17)28)30-24(35)33-12-22-20(10-29-34(22)13-21(33)15-6-7-15)32-11-19(31-25(32)36)14-4-2-1-3-5-14/h1-5,8-10,15,19,21H,6-7,11-13H2,(H,30,35)(H,31,36). The molecule has 11 heteroatoms. The molecule has 186 valence electrons. The molecule has 1 saturated carbocycles. The predicted octanol–water partition coefficient (Wildman–Crippen LogP) is 4.40. The molecule has 2 unspecified atom stereocenters. The van der Waals surface area contributed by atoms with E-state index in [0.29, 0.717) is 24.5 Å². The van der Waals surface area contributed by atoms with Gasteiger partial charge in [0.1, 0.15) is 0 Å². The van der Waals surface area contributed by atoms with Crippen LogP contribution in [-0.4, -0.2) is 39.3 Å². The molecule has 1 aromatic heterocycles. The summed E-state index contributed by atoms with van der Waals surface area (Å²) in [6, 6.07) is 10.0. The molecule has 36 heavy (non-hydrogen) atoms. The molecule has 6 rings (SSSR count). The average Bonchev–Trinajstić information content (AvgIpc) is 3.53. The molecule has 2 aromatic carbocycles. The van der Waals surface area contributed by atoms with Crippen LogP contribution in [0.4, 0.5) is 34.1 Å². The first kappa shape index (κ1) is 22.4. The monoisotopic (exact) mass is 496 g/mol. The SMILES string of the molecule is O=C1NC(c2ccccc2)CN1c1cnn2c1CN(C(=O)Nc1cc(F)c(F)c(F)c1)C(C1CC1)C2. The molecule has 3 heterocycles. The Morgan fingerprint density at radius 3 is 2.47 bits per heavy atom. The van der Waals surface area contributed by atoms with Crippen LogP contribution in [0, 0.1) is 23.4 Å². The maximum absolute atomic E-state index is 13.7. The molecule has 3 aromatic rings. The molecule has 2 aliphatic heterocycles. The fourth-order valence-electron chi connectivity index (χ4n) is 5.05. The van der Waals surface area contributed by atoms with Crippen molar-refractivity contribution >= 4 is 23.4 Å². The number of anilines is 2. The zero-order valence-corrected chi connectivity index (χ0v) is 19.1. The van der Waals surface area contributed by atoms with Gasteiger partial charge in [-0.15, -0.1) is 0 Å². The summed E-state index contributed by atoms with van der Waals surface area (Å²) >= 11 is 0. The number of carbonyl (C=O) groups excluding carboxylic acids is 2. The fraction of sp³-hybridized carbons (Fsp3) is 0.320. The van der Waals surface area contributed by atoms with E-state index in [4.69, 9.17) is 0 Å². The number of carbonyl (C=O) groups is 2. The first-order chi connectivity index (χ1) is 17.4. The zero-order chi connectivity index (χ0) is 25.0. The van der Waals surface area contributed by atoms with Crippen LogP contribution in [0.25, 0.3) is 0 Å². The smallest absolute Gasteiger partial charge is 0.322 e. The van der Waals surface area contributed by atoms with Crippen LogP contribution in [-0.2, 0) is 13.1 Å². The third-order valence-corrected chi connectivity index (χ3v) is 7.07. The second-order valence-corrected chi connectivity index (χ2v) is 9.40. The van der Waals surface area contributed by atoms with Gasteiger partial charge in [0.05, 0.1) is 49.3 Å². The Balaban J connectivity index is 1.26. The number of nitrogens with one attached hydrogen (secondary N) is 2. The Kier molecular flexibility index (Phi) is 5.35. The molecule has 1 aliphatic carbocycles. The van der Waals surface area contributed by atoms with Crippen LogP contribution < -0.4 is 15.5 Å². The molecular weight excluding hydrogens is 473 g/mol. The molecule has 0 bridgehead atoms. The van der Waals surface area contributed by atoms with Gasteiger partial charge in [-0.1, -0.05) is 30.3 Å². The second kappa shape index (κ2) is 8.58. The van der Waals surface area contributed by atoms with Crippen LogP contribution >= 0.6 is 0 Å². The van der Waals surface area contributed by atoms with Gasteiger partial charge in [-0.25, -0.2) is 22.8 Å². The summed E-state index contributed by atoms with van der Waals surface area (Å²) in [4.78, 5) is 29.3. The van der Waals surface area contributed by atoms with Crippen molar-refractivity contribution in [2.24, 2.45) is 5.92 Å². The van der Waals surface area contributed by atoms with E-state index in [2.05, 4.69) is 15.7 Å². The van der Waals surface area contributed by atoms with Crippen molar-refractivity contribution in [2.75, 3.05) is 16.8 Å². The lowest BCUT2D eigenvalue weighted by atomic mass is 10.1. The highest BCUT2D eigenvalue weighted by Crippen LogP contribution is 2.40. The lowest BCUT2D eigenvalue weighted by Crippen LogP contribution is -2.49. The Morgan fingerprint density at radius 2 is 1.78 bits per heavy atom. The van der Waals surface area contributed by atoms with Gasteiger partial charge in [-0.05, 0) is 24.3 Å². The van der Waals surface area contributed by atoms with Crippen molar-refractivity contribution in [3.05, 3.63) is 77.4 Å². The Bertz CT molecular complexity index is 1320. The van der Waals surface area contributed by atoms with E-state index in [1.54, 1.807) is 16.0 Å². The highest BCUT2D eigenvalue weighted by Gasteiger charge is 2.43. The van der Waals surface area contributed by atoms with Gasteiger partial charge in [-0.3, -0.25) is 9.58 Å². The Labute approximate surface area is 204 Å². The minimum atomic E-state index is -1.59. The van der Waals surface area contributed by atoms with E-state index in [0.717, 1.165) is 30.5 Å². The minimum Gasteiger partial charge on any atom is -0.329 e. The molecule has 4 amide bonds. The van der Waals surface area contributed by atoms with Crippen LogP contribution in [0.3, 0.4) is 0 Å². The Hall–Kier alpha value is -4.02. The first-order valence-electron chi connectivity index (χ1n) is 11.8. The molecule has 2 atom stereocenters. The molecule has 1 saturated heterocycles. The lowest BCUT2D eigenvalue weighted by molar-refractivity contribution is 0.141. The van der Waals surface area contributed by atoms with Crippen molar-refractivity contribution in [3.63, 3.8) is 0 Å². The summed E-state index contributed by atoms with van der Waals surface area (Å²) in [5.74, 6) is -4.06. The van der Waals surface area contributed by atoms with Gasteiger partial charge in [0, 0.05) is 17.8 Å². The second-order valence-electron chi connectivity index (χ2n) is 9.40. The topological polar surface area (TPSA) is 82.5 Å². The summed E-state index contributed by atoms with van der Waals surface area (Å²) in [7, 11) is 0. The van der Waals surface area contributed by atoms with Crippen LogP contribution in [0.15, 0.2) is 48.7 Å². The highest BCUT2D eigenvalue weighted by atomic mass is 19.2. The fourth-order valence-corrected chi connectivity index (χ4v) is 5.05. The van der Waals surface area contributed by atoms with E-state index in [1.807, 2.05) is 35.0 Å². The van der Waals surface area contributed by atoms with Crippen molar-refractivity contribution in [3.8, 4) is 0 Å². The maximum atomic E-state index is 13.7. The summed E-state index contributed by atoms with van der Waals surface area (Å²) in [6.07, 6.45) is 3.56. The van der Waals surface area contributed by atoms with Gasteiger partial charge in [-0.2, -0.15) is 5.10 Å². The van der Waals surface area contributed by atoms with Crippen molar-refractivity contribution < 1.29 is 22.8 Å². The molecule has 0 spiro atoms. The number of fused-ring (bicyclic) bond motifs is 1. The minimum absolute atomic E-state index is 0.161. The number of urea groups is 2. The number of hydrogen-bond donors (Lipinski definition) is 2. The molecule has 0 radical (unpaired) electrons. The molecule has 8 nitrogen and oxygen atoms in total. The van der Waals surface area contributed by atoms with E-state index in [1.165, 1.54) is 0 Å². The van der Waals surface area contributed by atoms with Gasteiger partial charge in [0.25, 0.3) is 0 Å². The number of amides is 4. The van der Waals surface area contributed by atoms with E-state index in [9.17, 15) is 22.8 Å². The third kappa shape index (κ3) is 3.94. The number of nitrogens with zero attached hydrogens (tertiary/aromatic N) is 4. The summed E-state index contributed by atoms with van der Waals surface area (Å²) in [5.41, 5.74) is 2.12. The summed E-state index contributed by atoms with van der Waals surface area (Å²) in [5, 5.41) is 9.99. The van der Waals surface area contributed by atoms with Crippen molar-refractivity contribution in [1.82, 2.24) is 20.0 Å². The van der Waals surface area contributed by atoms with E-state index in [-0.39, 0.29) is 36.3 Å². The molecule has 3 aliphatic rings. The van der Waals surface area contributed by atoms with Gasteiger partial charge in [0.2, 0.25) is 0 Å². The van der Waals surface area contributed by atoms with Crippen molar-refractivity contribution in [1.29, 1.82) is 0 Å². The summed E-state index contributed by atoms with van der Waals surface area (Å²) in [6.45, 7) is 1.01. The lowest BCUT2D eigenvalue weighted by Gasteiger charge is -2.37. The quantitative estimate of drug-likeness (QED) is 0.526. The number of benzene rings is 2. The largest absolute Gasteiger partial charge is 0.329 e. The summed E-state index contributed by atoms with van der Waals surface area (Å²) < 4.78 is 42.5. The normalized spacial score (nSPS) is 21.4. The third-order valence-electron chi connectivity index (χ3n) is 7.07. The van der Waals surface area contributed by atoms with Crippen LogP contribution in [0.1, 0.15) is 30.1 Å². The van der Waals surface area contributed by atoms with E-state index < -0.39 is 23.5 Å². The highest BCUT2D eigenvalue weighted by molar-refractivity contribution is 5.95. The maximum Gasteiger partial charge on any atom is 0.322 e. The number of aromatic nitrogens is 2. The van der Waals surface area contributed by atoms with Crippen molar-refractivity contribution in [2.45, 2.75) is 38.0 Å². The first-order valence-corrected chi connectivity index (χ1v) is 11.8. The van der Waals surface area contributed by atoms with Crippen LogP contribution in [0.5, 0.6) is 0 Å². The Morgan fingerprint density at radius 1 is 1.06 bits per heavy atom. The molecule has 2 fully saturated rings. The van der Waals surface area contributed by atoms with Gasteiger partial charge < -0.3 is 15.5 Å². The molecule has 2 N–H and O–H groups in total. The zero-order valence-electron chi connectivity index (χ0n) is 19.1. The molecular formula is C25H23F3N6O2. The number of halogens is 3. The average molecular weight is 496 g/mol. The van der Waals surface area contributed by atoms with Gasteiger partial charge >= 0.3 is 12.1 Å².